The second-order valence-electron chi connectivity index (χ2n) is 22.9. The molecular weight excluding hydrogens is 923 g/mol. The van der Waals surface area contributed by atoms with Gasteiger partial charge in [0.25, 0.3) is 0 Å². The summed E-state index contributed by atoms with van der Waals surface area (Å²) in [6, 6.07) is -0.804. The molecule has 1 aliphatic rings. The minimum atomic E-state index is -1.57. The third-order valence-corrected chi connectivity index (χ3v) is 15.8. The van der Waals surface area contributed by atoms with E-state index in [-0.39, 0.29) is 12.5 Å². The zero-order valence-electron chi connectivity index (χ0n) is 48.9. The van der Waals surface area contributed by atoms with E-state index in [4.69, 9.17) is 9.47 Å². The average Bonchev–Trinajstić information content (AvgIpc) is 3.40. The molecule has 0 aromatic heterocycles. The molecule has 6 N–H and O–H groups in total. The number of carbonyl (C=O) groups is 1. The van der Waals surface area contributed by atoms with Crippen LogP contribution in [0, 0.1) is 0 Å². The van der Waals surface area contributed by atoms with Gasteiger partial charge in [-0.3, -0.25) is 4.79 Å². The molecule has 0 aromatic rings. The topological polar surface area (TPSA) is 149 Å². The van der Waals surface area contributed by atoms with Gasteiger partial charge in [-0.2, -0.15) is 0 Å². The predicted molar refractivity (Wildman–Crippen MR) is 314 cm³/mol. The molecule has 1 heterocycles. The Morgan fingerprint density at radius 1 is 0.446 bits per heavy atom. The minimum Gasteiger partial charge on any atom is -0.394 e. The molecule has 0 radical (unpaired) electrons. The summed E-state index contributed by atoms with van der Waals surface area (Å²) in [7, 11) is 0. The van der Waals surface area contributed by atoms with Crippen LogP contribution in [-0.4, -0.2) is 87.5 Å². The number of amides is 1. The number of aliphatic hydroxyl groups is 5. The molecule has 1 aliphatic heterocycles. The summed E-state index contributed by atoms with van der Waals surface area (Å²) in [5.74, 6) is -0.171. The van der Waals surface area contributed by atoms with Crippen molar-refractivity contribution in [2.75, 3.05) is 13.2 Å². The van der Waals surface area contributed by atoms with Crippen molar-refractivity contribution in [2.24, 2.45) is 0 Å². The zero-order chi connectivity index (χ0) is 53.6. The largest absolute Gasteiger partial charge is 0.394 e. The van der Waals surface area contributed by atoms with Crippen molar-refractivity contribution in [1.29, 1.82) is 0 Å². The summed E-state index contributed by atoms with van der Waals surface area (Å²) in [5.41, 5.74) is 0. The number of hydrogen-bond donors (Lipinski definition) is 6. The third-order valence-electron chi connectivity index (χ3n) is 15.8. The molecule has 1 saturated heterocycles. The third kappa shape index (κ3) is 43.6. The number of aliphatic hydroxyl groups excluding tert-OH is 5. The lowest BCUT2D eigenvalue weighted by molar-refractivity contribution is -0.302. The summed E-state index contributed by atoms with van der Waals surface area (Å²) in [5, 5.41) is 54.7. The van der Waals surface area contributed by atoms with E-state index in [9.17, 15) is 30.3 Å². The van der Waals surface area contributed by atoms with E-state index in [0.29, 0.717) is 6.42 Å². The normalized spacial score (nSPS) is 19.0. The van der Waals surface area contributed by atoms with Crippen molar-refractivity contribution in [2.45, 2.75) is 371 Å². The summed E-state index contributed by atoms with van der Waals surface area (Å²) < 4.78 is 11.3. The number of nitrogens with one attached hydrogen (secondary N) is 1. The molecule has 7 unspecified atom stereocenters. The highest BCUT2D eigenvalue weighted by Gasteiger charge is 2.44. The first-order chi connectivity index (χ1) is 36.3. The van der Waals surface area contributed by atoms with Gasteiger partial charge in [-0.1, -0.05) is 301 Å². The van der Waals surface area contributed by atoms with Crippen LogP contribution in [0.2, 0.25) is 0 Å². The van der Waals surface area contributed by atoms with E-state index in [1.165, 1.54) is 270 Å². The van der Waals surface area contributed by atoms with Gasteiger partial charge in [0.2, 0.25) is 5.91 Å². The van der Waals surface area contributed by atoms with Crippen molar-refractivity contribution in [3.8, 4) is 0 Å². The fourth-order valence-electron chi connectivity index (χ4n) is 10.6. The molecule has 0 aromatic carbocycles. The summed E-state index contributed by atoms with van der Waals surface area (Å²) >= 11 is 0. The molecule has 1 fully saturated rings. The van der Waals surface area contributed by atoms with Crippen LogP contribution in [0.25, 0.3) is 0 Å². The maximum atomic E-state index is 13.1. The van der Waals surface area contributed by atoms with Crippen molar-refractivity contribution in [3.05, 3.63) is 24.3 Å². The molecule has 9 heteroatoms. The van der Waals surface area contributed by atoms with Crippen LogP contribution in [0.3, 0.4) is 0 Å². The lowest BCUT2D eigenvalue weighted by Gasteiger charge is -2.40. The monoisotopic (exact) mass is 1050 g/mol. The molecule has 0 aliphatic carbocycles. The van der Waals surface area contributed by atoms with Gasteiger partial charge in [0.05, 0.1) is 25.4 Å². The minimum absolute atomic E-state index is 0.171. The highest BCUT2D eigenvalue weighted by Crippen LogP contribution is 2.23. The van der Waals surface area contributed by atoms with Crippen LogP contribution in [0.15, 0.2) is 24.3 Å². The average molecular weight is 1050 g/mol. The van der Waals surface area contributed by atoms with Crippen molar-refractivity contribution < 1.29 is 39.8 Å². The lowest BCUT2D eigenvalue weighted by atomic mass is 9.99. The van der Waals surface area contributed by atoms with Gasteiger partial charge in [-0.05, 0) is 44.9 Å². The second-order valence-corrected chi connectivity index (χ2v) is 22.9. The molecule has 1 amide bonds. The molecule has 0 bridgehead atoms. The Hall–Kier alpha value is -1.33. The standard InChI is InChI=1S/C65H125NO8/c1-3-5-7-9-11-13-15-17-19-21-23-25-27-28-29-30-31-33-35-37-39-41-43-45-47-49-51-53-55-61(69)66-58(57-73-65-64(72)63(71)62(70)60(56-67)74-65)59(68)54-52-50-48-46-44-42-40-38-36-34-32-26-24-22-20-18-16-14-12-10-8-6-4-2/h28-29,52,54,58-60,62-65,67-68,70-72H,3-27,30-51,53,55-57H2,1-2H3,(H,66,69)/b29-28-,54-52+. The van der Waals surface area contributed by atoms with Crippen LogP contribution in [0.1, 0.15) is 328 Å². The Labute approximate surface area is 458 Å². The van der Waals surface area contributed by atoms with E-state index in [0.717, 1.165) is 38.5 Å². The predicted octanol–water partition coefficient (Wildman–Crippen LogP) is 16.9. The van der Waals surface area contributed by atoms with Gasteiger partial charge < -0.3 is 40.3 Å². The van der Waals surface area contributed by atoms with Crippen molar-refractivity contribution in [3.63, 3.8) is 0 Å². The van der Waals surface area contributed by atoms with E-state index < -0.39 is 49.5 Å². The van der Waals surface area contributed by atoms with Gasteiger partial charge >= 0.3 is 0 Å². The Morgan fingerprint density at radius 2 is 0.757 bits per heavy atom. The summed E-state index contributed by atoms with van der Waals surface area (Å²) in [4.78, 5) is 13.1. The lowest BCUT2D eigenvalue weighted by Crippen LogP contribution is -2.60. The van der Waals surface area contributed by atoms with E-state index in [2.05, 4.69) is 31.3 Å². The summed E-state index contributed by atoms with van der Waals surface area (Å²) in [6.07, 6.45) is 64.1. The maximum absolute atomic E-state index is 13.1. The van der Waals surface area contributed by atoms with Gasteiger partial charge in [0.1, 0.15) is 24.4 Å². The first kappa shape index (κ1) is 70.7. The molecule has 0 saturated carbocycles. The number of carbonyl (C=O) groups excluding carboxylic acids is 1. The van der Waals surface area contributed by atoms with Crippen LogP contribution in [-0.2, 0) is 14.3 Å². The molecule has 7 atom stereocenters. The van der Waals surface area contributed by atoms with Crippen molar-refractivity contribution >= 4 is 5.91 Å². The van der Waals surface area contributed by atoms with Crippen LogP contribution in [0.5, 0.6) is 0 Å². The quantitative estimate of drug-likeness (QED) is 0.0261. The number of ether oxygens (including phenoxy) is 2. The van der Waals surface area contributed by atoms with E-state index >= 15 is 0 Å². The summed E-state index contributed by atoms with van der Waals surface area (Å²) in [6.45, 7) is 3.83. The molecule has 1 rings (SSSR count). The molecule has 74 heavy (non-hydrogen) atoms. The first-order valence-electron chi connectivity index (χ1n) is 32.6. The number of hydrogen-bond acceptors (Lipinski definition) is 8. The van der Waals surface area contributed by atoms with E-state index in [1.54, 1.807) is 6.08 Å². The van der Waals surface area contributed by atoms with Gasteiger partial charge in [0.15, 0.2) is 6.29 Å². The molecule has 9 nitrogen and oxygen atoms in total. The fraction of sp³-hybridized carbons (Fsp3) is 0.923. The number of unbranched alkanes of at least 4 members (excludes halogenated alkanes) is 45. The Balaban J connectivity index is 2.16. The van der Waals surface area contributed by atoms with Crippen LogP contribution >= 0.6 is 0 Å². The molecule has 438 valence electrons. The second kappa shape index (κ2) is 55.0. The maximum Gasteiger partial charge on any atom is 0.220 e. The Bertz CT molecular complexity index is 1210. The molecule has 0 spiro atoms. The Morgan fingerprint density at radius 3 is 1.09 bits per heavy atom. The molecular formula is C65H125NO8. The van der Waals surface area contributed by atoms with Gasteiger partial charge in [0, 0.05) is 6.42 Å². The zero-order valence-corrected chi connectivity index (χ0v) is 48.9. The van der Waals surface area contributed by atoms with Crippen LogP contribution < -0.4 is 5.32 Å². The highest BCUT2D eigenvalue weighted by molar-refractivity contribution is 5.76. The van der Waals surface area contributed by atoms with Gasteiger partial charge in [-0.15, -0.1) is 0 Å². The van der Waals surface area contributed by atoms with Crippen LogP contribution in [0.4, 0.5) is 0 Å². The SMILES string of the molecule is CCCCCCCCCCCCCC/C=C\CCCCCCCCCCCCCCC(=O)NC(COC1OC(CO)C(O)C(O)C1O)C(O)/C=C/CCCCCCCCCCCCCCCCCCCCCCC. The fourth-order valence-corrected chi connectivity index (χ4v) is 10.6. The van der Waals surface area contributed by atoms with Gasteiger partial charge in [-0.25, -0.2) is 0 Å². The van der Waals surface area contributed by atoms with E-state index in [1.807, 2.05) is 6.08 Å². The smallest absolute Gasteiger partial charge is 0.220 e. The Kier molecular flexibility index (Phi) is 52.5. The first-order valence-corrected chi connectivity index (χ1v) is 32.6. The number of rotatable bonds is 57. The number of allylic oxidation sites excluding steroid dienone is 3. The van der Waals surface area contributed by atoms with Crippen molar-refractivity contribution in [1.82, 2.24) is 5.32 Å². The highest BCUT2D eigenvalue weighted by atomic mass is 16.7.